The molecule has 0 atom stereocenters. The van der Waals surface area contributed by atoms with E-state index in [1.807, 2.05) is 42.5 Å². The second-order valence-electron chi connectivity index (χ2n) is 6.04. The van der Waals surface area contributed by atoms with Gasteiger partial charge in [-0.1, -0.05) is 30.3 Å². The van der Waals surface area contributed by atoms with Crippen molar-refractivity contribution in [3.8, 4) is 5.75 Å². The SMILES string of the molecule is COc1cc(C2=C(c3ccnc(N)n3)CC(c3ccccc3)=N2)cnc1N. The number of allylic oxidation sites excluding steroid dienone is 1. The molecule has 1 aliphatic rings. The molecule has 0 bridgehead atoms. The van der Waals surface area contributed by atoms with Gasteiger partial charge in [-0.15, -0.1) is 0 Å². The maximum atomic E-state index is 5.86. The number of aliphatic imine (C=N–C) groups is 1. The predicted octanol–water partition coefficient (Wildman–Crippen LogP) is 2.81. The summed E-state index contributed by atoms with van der Waals surface area (Å²) < 4.78 is 5.31. The summed E-state index contributed by atoms with van der Waals surface area (Å²) in [7, 11) is 1.56. The second kappa shape index (κ2) is 6.87. The highest BCUT2D eigenvalue weighted by Gasteiger charge is 2.23. The fourth-order valence-electron chi connectivity index (χ4n) is 3.03. The minimum Gasteiger partial charge on any atom is -0.493 e. The average Bonchev–Trinajstić information content (AvgIpc) is 3.14. The Balaban J connectivity index is 1.86. The molecule has 0 amide bonds. The summed E-state index contributed by atoms with van der Waals surface area (Å²) in [6, 6.07) is 13.7. The first-order valence-corrected chi connectivity index (χ1v) is 8.40. The fraction of sp³-hybridized carbons (Fsp3) is 0.100. The minimum absolute atomic E-state index is 0.223. The minimum atomic E-state index is 0.223. The highest BCUT2D eigenvalue weighted by molar-refractivity contribution is 6.16. The van der Waals surface area contributed by atoms with E-state index in [0.29, 0.717) is 18.0 Å². The van der Waals surface area contributed by atoms with Crippen LogP contribution in [0.15, 0.2) is 59.9 Å². The van der Waals surface area contributed by atoms with Gasteiger partial charge in [-0.3, -0.25) is 4.99 Å². The molecule has 3 aromatic rings. The van der Waals surface area contributed by atoms with Crippen LogP contribution in [0.25, 0.3) is 11.3 Å². The molecule has 0 saturated heterocycles. The quantitative estimate of drug-likeness (QED) is 0.741. The Labute approximate surface area is 156 Å². The Morgan fingerprint density at radius 2 is 1.81 bits per heavy atom. The van der Waals surface area contributed by atoms with Gasteiger partial charge in [0, 0.05) is 30.0 Å². The molecule has 4 N–H and O–H groups in total. The van der Waals surface area contributed by atoms with Crippen LogP contribution in [-0.2, 0) is 0 Å². The van der Waals surface area contributed by atoms with Gasteiger partial charge in [0.05, 0.1) is 24.2 Å². The zero-order valence-electron chi connectivity index (χ0n) is 14.8. The Morgan fingerprint density at radius 3 is 2.56 bits per heavy atom. The Kier molecular flexibility index (Phi) is 4.25. The van der Waals surface area contributed by atoms with E-state index in [1.54, 1.807) is 19.5 Å². The van der Waals surface area contributed by atoms with Crippen LogP contribution < -0.4 is 16.2 Å². The molecule has 2 aromatic heterocycles. The van der Waals surface area contributed by atoms with Gasteiger partial charge in [-0.05, 0) is 17.7 Å². The number of hydrogen-bond donors (Lipinski definition) is 2. The maximum Gasteiger partial charge on any atom is 0.220 e. The number of nitrogens with zero attached hydrogens (tertiary/aromatic N) is 4. The topological polar surface area (TPSA) is 112 Å². The van der Waals surface area contributed by atoms with Gasteiger partial charge in [-0.2, -0.15) is 0 Å². The molecule has 0 aliphatic carbocycles. The van der Waals surface area contributed by atoms with Crippen molar-refractivity contribution in [1.82, 2.24) is 15.0 Å². The third-order valence-corrected chi connectivity index (χ3v) is 4.34. The summed E-state index contributed by atoms with van der Waals surface area (Å²) in [6.07, 6.45) is 3.96. The van der Waals surface area contributed by atoms with Crippen molar-refractivity contribution in [1.29, 1.82) is 0 Å². The summed E-state index contributed by atoms with van der Waals surface area (Å²) in [6.45, 7) is 0. The van der Waals surface area contributed by atoms with Crippen LogP contribution in [0.2, 0.25) is 0 Å². The van der Waals surface area contributed by atoms with Crippen LogP contribution in [0.4, 0.5) is 11.8 Å². The first-order valence-electron chi connectivity index (χ1n) is 8.40. The van der Waals surface area contributed by atoms with Crippen molar-refractivity contribution in [2.75, 3.05) is 18.6 Å². The first-order chi connectivity index (χ1) is 13.2. The molecule has 27 heavy (non-hydrogen) atoms. The molecule has 7 heteroatoms. The van der Waals surface area contributed by atoms with Gasteiger partial charge in [-0.25, -0.2) is 15.0 Å². The smallest absolute Gasteiger partial charge is 0.220 e. The van der Waals surface area contributed by atoms with Gasteiger partial charge in [0.25, 0.3) is 0 Å². The van der Waals surface area contributed by atoms with Gasteiger partial charge in [0.1, 0.15) is 0 Å². The molecule has 0 saturated carbocycles. The van der Waals surface area contributed by atoms with Crippen LogP contribution in [0.3, 0.4) is 0 Å². The third kappa shape index (κ3) is 3.22. The number of ether oxygens (including phenoxy) is 1. The molecule has 0 unspecified atom stereocenters. The average molecular weight is 358 g/mol. The number of rotatable bonds is 4. The van der Waals surface area contributed by atoms with Crippen LogP contribution in [0, 0.1) is 0 Å². The number of pyridine rings is 1. The van der Waals surface area contributed by atoms with Crippen molar-refractivity contribution in [2.24, 2.45) is 4.99 Å². The fourth-order valence-corrected chi connectivity index (χ4v) is 3.03. The lowest BCUT2D eigenvalue weighted by atomic mass is 10.00. The van der Waals surface area contributed by atoms with Crippen LogP contribution in [0.1, 0.15) is 23.2 Å². The number of hydrogen-bond acceptors (Lipinski definition) is 7. The standard InChI is InChI=1S/C20H18N6O/c1-27-17-9-13(11-24-19(17)21)18-14(15-7-8-23-20(22)26-15)10-16(25-18)12-5-3-2-4-6-12/h2-9,11H,10H2,1H3,(H2,21,24)(H2,22,23,26). The summed E-state index contributed by atoms with van der Waals surface area (Å²) in [4.78, 5) is 17.5. The summed E-state index contributed by atoms with van der Waals surface area (Å²) in [5.74, 6) is 1.06. The van der Waals surface area contributed by atoms with E-state index in [-0.39, 0.29) is 5.95 Å². The molecular formula is C20H18N6O. The van der Waals surface area contributed by atoms with E-state index in [2.05, 4.69) is 15.0 Å². The Hall–Kier alpha value is -3.74. The molecule has 3 heterocycles. The van der Waals surface area contributed by atoms with Crippen molar-refractivity contribution < 1.29 is 4.74 Å². The van der Waals surface area contributed by atoms with E-state index < -0.39 is 0 Å². The molecule has 1 aromatic carbocycles. The lowest BCUT2D eigenvalue weighted by Gasteiger charge is -2.08. The van der Waals surface area contributed by atoms with Gasteiger partial charge < -0.3 is 16.2 Å². The third-order valence-electron chi connectivity index (χ3n) is 4.34. The summed E-state index contributed by atoms with van der Waals surface area (Å²) in [5, 5.41) is 0. The summed E-state index contributed by atoms with van der Waals surface area (Å²) >= 11 is 0. The van der Waals surface area contributed by atoms with Crippen LogP contribution >= 0.6 is 0 Å². The Bertz CT molecular complexity index is 1060. The molecule has 0 radical (unpaired) electrons. The lowest BCUT2D eigenvalue weighted by molar-refractivity contribution is 0.415. The molecule has 1 aliphatic heterocycles. The lowest BCUT2D eigenvalue weighted by Crippen LogP contribution is -2.01. The largest absolute Gasteiger partial charge is 0.493 e. The number of nitrogen functional groups attached to an aromatic ring is 2. The summed E-state index contributed by atoms with van der Waals surface area (Å²) in [5.41, 5.74) is 16.9. The van der Waals surface area contributed by atoms with Gasteiger partial charge in [0.15, 0.2) is 11.6 Å². The normalized spacial score (nSPS) is 13.6. The zero-order chi connectivity index (χ0) is 18.8. The second-order valence-corrected chi connectivity index (χ2v) is 6.04. The molecule has 0 fully saturated rings. The number of aromatic nitrogens is 3. The highest BCUT2D eigenvalue weighted by atomic mass is 16.5. The molecular weight excluding hydrogens is 340 g/mol. The van der Waals surface area contributed by atoms with E-state index in [0.717, 1.165) is 33.8 Å². The number of methoxy groups -OCH3 is 1. The van der Waals surface area contributed by atoms with Crippen LogP contribution in [-0.4, -0.2) is 27.8 Å². The number of benzene rings is 1. The van der Waals surface area contributed by atoms with E-state index in [1.165, 1.54) is 0 Å². The maximum absolute atomic E-state index is 5.86. The van der Waals surface area contributed by atoms with Crippen molar-refractivity contribution in [2.45, 2.75) is 6.42 Å². The first kappa shape index (κ1) is 16.7. The number of nitrogens with two attached hydrogens (primary N) is 2. The molecule has 134 valence electrons. The predicted molar refractivity (Wildman–Crippen MR) is 106 cm³/mol. The monoisotopic (exact) mass is 358 g/mol. The molecule has 7 nitrogen and oxygen atoms in total. The van der Waals surface area contributed by atoms with Crippen molar-refractivity contribution in [3.63, 3.8) is 0 Å². The van der Waals surface area contributed by atoms with Crippen molar-refractivity contribution >= 4 is 28.7 Å². The van der Waals surface area contributed by atoms with Gasteiger partial charge >= 0.3 is 0 Å². The van der Waals surface area contributed by atoms with Crippen molar-refractivity contribution in [3.05, 3.63) is 71.7 Å². The molecule has 4 rings (SSSR count). The van der Waals surface area contributed by atoms with E-state index >= 15 is 0 Å². The zero-order valence-corrected chi connectivity index (χ0v) is 14.8. The van der Waals surface area contributed by atoms with E-state index in [4.69, 9.17) is 21.2 Å². The van der Waals surface area contributed by atoms with E-state index in [9.17, 15) is 0 Å². The number of anilines is 2. The van der Waals surface area contributed by atoms with Crippen LogP contribution in [0.5, 0.6) is 5.75 Å². The van der Waals surface area contributed by atoms with Gasteiger partial charge in [0.2, 0.25) is 5.95 Å². The Morgan fingerprint density at radius 1 is 1.00 bits per heavy atom. The molecule has 0 spiro atoms. The highest BCUT2D eigenvalue weighted by Crippen LogP contribution is 2.37.